The molecular weight excluding hydrogens is 116 g/mol. The van der Waals surface area contributed by atoms with E-state index in [-0.39, 0.29) is 0 Å². The lowest BCUT2D eigenvalue weighted by Crippen LogP contribution is -1.33. The van der Waals surface area contributed by atoms with E-state index in [0.717, 1.165) is 4.48 Å². The maximum Gasteiger partial charge on any atom is -0.00801 e. The van der Waals surface area contributed by atoms with Gasteiger partial charge in [-0.25, -0.2) is 0 Å². The molecule has 0 aliphatic carbocycles. The van der Waals surface area contributed by atoms with Gasteiger partial charge in [0, 0.05) is 0 Å². The largest absolute Gasteiger partial charge is 0.0560 e. The molecule has 0 atom stereocenters. The average molecular weight is 120 g/mol. The summed E-state index contributed by atoms with van der Waals surface area (Å²) in [5.74, 6) is 0. The van der Waals surface area contributed by atoms with Gasteiger partial charge in [0.1, 0.15) is 0 Å². The Bertz CT molecular complexity index is 26.3. The van der Waals surface area contributed by atoms with Crippen molar-refractivity contribution in [1.29, 1.82) is 0 Å². The molecule has 0 saturated heterocycles. The molecule has 0 rings (SSSR count). The second kappa shape index (κ2) is 1.53. The molecule has 0 heterocycles. The van der Waals surface area contributed by atoms with Gasteiger partial charge in [-0.3, -0.25) is 0 Å². The molecule has 0 N–H and O–H groups in total. The molecule has 4 heavy (non-hydrogen) atoms. The fourth-order valence-corrected chi connectivity index (χ4v) is 0. The van der Waals surface area contributed by atoms with Gasteiger partial charge in [0.05, 0.1) is 0 Å². The van der Waals surface area contributed by atoms with Crippen molar-refractivity contribution in [2.75, 3.05) is 0 Å². The summed E-state index contributed by atoms with van der Waals surface area (Å²) in [6.07, 6.45) is 0. The van der Waals surface area contributed by atoms with Crippen LogP contribution in [0, 0.1) is 6.58 Å². The van der Waals surface area contributed by atoms with E-state index in [0.29, 0.717) is 0 Å². The lowest BCUT2D eigenvalue weighted by atomic mass is 10.8. The Morgan fingerprint density at radius 1 is 2.00 bits per heavy atom. The van der Waals surface area contributed by atoms with E-state index in [2.05, 4.69) is 15.9 Å². The zero-order chi connectivity index (χ0) is 3.58. The molecule has 0 nitrogen and oxygen atoms in total. The number of rotatable bonds is 0. The summed E-state index contributed by atoms with van der Waals surface area (Å²) in [7, 11) is 0. The topological polar surface area (TPSA) is 0 Å². The quantitative estimate of drug-likeness (QED) is 0.456. The van der Waals surface area contributed by atoms with Gasteiger partial charge in [0.25, 0.3) is 0 Å². The minimum atomic E-state index is 0.729. The van der Waals surface area contributed by atoms with Crippen molar-refractivity contribution in [2.45, 2.75) is 6.92 Å². The molecule has 0 amide bonds. The van der Waals surface area contributed by atoms with E-state index in [1.54, 1.807) is 6.92 Å². The highest BCUT2D eigenvalue weighted by atomic mass is 79.9. The van der Waals surface area contributed by atoms with Gasteiger partial charge in [0.15, 0.2) is 0 Å². The summed E-state index contributed by atoms with van der Waals surface area (Å²) >= 11 is 2.97. The molecule has 0 saturated carbocycles. The van der Waals surface area contributed by atoms with Gasteiger partial charge in [-0.1, -0.05) is 22.5 Å². The minimum Gasteiger partial charge on any atom is -0.0560 e. The van der Waals surface area contributed by atoms with Crippen molar-refractivity contribution in [2.24, 2.45) is 0 Å². The molecule has 0 aromatic carbocycles. The van der Waals surface area contributed by atoms with Crippen molar-refractivity contribution >= 4 is 15.9 Å². The van der Waals surface area contributed by atoms with E-state index in [1.165, 1.54) is 0 Å². The molecule has 0 aromatic heterocycles. The van der Waals surface area contributed by atoms with Crippen LogP contribution in [0.4, 0.5) is 0 Å². The highest BCUT2D eigenvalue weighted by Gasteiger charge is 1.56. The number of hydrogen-bond donors (Lipinski definition) is 0. The van der Waals surface area contributed by atoms with Crippen LogP contribution in [0.15, 0.2) is 4.48 Å². The van der Waals surface area contributed by atoms with Crippen molar-refractivity contribution in [3.63, 3.8) is 0 Å². The lowest BCUT2D eigenvalue weighted by Gasteiger charge is -1.61. The smallest absolute Gasteiger partial charge is 0.00801 e. The van der Waals surface area contributed by atoms with Crippen LogP contribution in [0.1, 0.15) is 6.92 Å². The number of halogens is 1. The van der Waals surface area contributed by atoms with Gasteiger partial charge in [-0.05, 0) is 11.4 Å². The van der Waals surface area contributed by atoms with Gasteiger partial charge in [0.2, 0.25) is 0 Å². The third-order valence-electron chi connectivity index (χ3n) is 0. The Morgan fingerprint density at radius 2 is 2.00 bits per heavy atom. The first kappa shape index (κ1) is 4.22. The molecule has 0 spiro atoms. The Hall–Kier alpha value is 0.220. The molecule has 1 heteroatoms. The fourth-order valence-electron chi connectivity index (χ4n) is 0. The number of allylic oxidation sites excluding steroid dienone is 1. The van der Waals surface area contributed by atoms with Crippen LogP contribution in [-0.4, -0.2) is 0 Å². The van der Waals surface area contributed by atoms with Gasteiger partial charge in [-0.2, -0.15) is 0 Å². The summed E-state index contributed by atoms with van der Waals surface area (Å²) in [5.41, 5.74) is 0. The summed E-state index contributed by atoms with van der Waals surface area (Å²) in [4.78, 5) is 0. The first-order valence-electron chi connectivity index (χ1n) is 0.978. The van der Waals surface area contributed by atoms with Crippen LogP contribution in [0.25, 0.3) is 0 Å². The van der Waals surface area contributed by atoms with Crippen molar-refractivity contribution in [3.8, 4) is 0 Å². The van der Waals surface area contributed by atoms with E-state index < -0.39 is 0 Å². The van der Waals surface area contributed by atoms with Gasteiger partial charge >= 0.3 is 0 Å². The molecule has 0 aliphatic rings. The minimum absolute atomic E-state index is 0.729. The molecular formula is C3H4Br. The molecule has 0 aromatic rings. The zero-order valence-corrected chi connectivity index (χ0v) is 4.04. The zero-order valence-electron chi connectivity index (χ0n) is 2.46. The second-order valence-electron chi connectivity index (χ2n) is 0.587. The van der Waals surface area contributed by atoms with Crippen LogP contribution in [0.2, 0.25) is 0 Å². The molecule has 0 aliphatic heterocycles. The molecule has 0 fully saturated rings. The first-order chi connectivity index (χ1) is 1.73. The normalized spacial score (nSPS) is 6.50. The summed E-state index contributed by atoms with van der Waals surface area (Å²) in [5, 5.41) is 0. The van der Waals surface area contributed by atoms with Crippen molar-refractivity contribution in [1.82, 2.24) is 0 Å². The van der Waals surface area contributed by atoms with Crippen LogP contribution < -0.4 is 0 Å². The predicted molar refractivity (Wildman–Crippen MR) is 22.4 cm³/mol. The Kier molecular flexibility index (Phi) is 1.61. The van der Waals surface area contributed by atoms with E-state index in [9.17, 15) is 0 Å². The summed E-state index contributed by atoms with van der Waals surface area (Å²) in [6.45, 7) is 6.72. The third-order valence-corrected chi connectivity index (χ3v) is 0. The molecule has 0 unspecified atom stereocenters. The van der Waals surface area contributed by atoms with E-state index >= 15 is 0 Å². The molecule has 23 valence electrons. The predicted octanol–water partition coefficient (Wildman–Crippen LogP) is 1.72. The monoisotopic (exact) mass is 119 g/mol. The Morgan fingerprint density at radius 3 is 2.00 bits per heavy atom. The highest BCUT2D eigenvalue weighted by molar-refractivity contribution is 9.11. The Labute approximate surface area is 34.6 Å². The van der Waals surface area contributed by atoms with Crippen LogP contribution in [-0.2, 0) is 0 Å². The Balaban J connectivity index is 2.80. The maximum atomic E-state index is 4.94. The molecule has 0 bridgehead atoms. The lowest BCUT2D eigenvalue weighted by molar-refractivity contribution is 1.74. The van der Waals surface area contributed by atoms with Gasteiger partial charge in [-0.15, -0.1) is 0 Å². The van der Waals surface area contributed by atoms with Crippen LogP contribution >= 0.6 is 15.9 Å². The van der Waals surface area contributed by atoms with Crippen molar-refractivity contribution in [3.05, 3.63) is 11.1 Å². The third kappa shape index (κ3) is 68.3. The van der Waals surface area contributed by atoms with E-state index in [1.807, 2.05) is 0 Å². The van der Waals surface area contributed by atoms with Crippen LogP contribution in [0.3, 0.4) is 0 Å². The number of hydrogen-bond acceptors (Lipinski definition) is 0. The fraction of sp³-hybridized carbons (Fsp3) is 0.333. The maximum absolute atomic E-state index is 4.94. The van der Waals surface area contributed by atoms with E-state index in [4.69, 9.17) is 6.58 Å². The van der Waals surface area contributed by atoms with Gasteiger partial charge < -0.3 is 0 Å². The van der Waals surface area contributed by atoms with Crippen molar-refractivity contribution < 1.29 is 0 Å². The molecule has 1 radical (unpaired) electrons. The second-order valence-corrected chi connectivity index (χ2v) is 1.84. The highest BCUT2D eigenvalue weighted by Crippen LogP contribution is 1.92. The standard InChI is InChI=1S/C3H4Br/c1-3(2)4/h1H,2H3. The average Bonchev–Trinajstić information content (AvgIpc) is 0.811. The van der Waals surface area contributed by atoms with Crippen LogP contribution in [0.5, 0.6) is 0 Å². The first-order valence-corrected chi connectivity index (χ1v) is 1.77. The SMILES string of the molecule is [CH]=C(C)Br. The summed E-state index contributed by atoms with van der Waals surface area (Å²) in [6, 6.07) is 0. The summed E-state index contributed by atoms with van der Waals surface area (Å²) < 4.78 is 0.729.